The fourth-order valence-electron chi connectivity index (χ4n) is 3.16. The van der Waals surface area contributed by atoms with Crippen molar-refractivity contribution in [1.82, 2.24) is 30.1 Å². The highest BCUT2D eigenvalue weighted by atomic mass is 16.5. The predicted octanol–water partition coefficient (Wildman–Crippen LogP) is 0.393. The fourth-order valence-corrected chi connectivity index (χ4v) is 3.16. The molecular formula is C17H28N6O3. The lowest BCUT2D eigenvalue weighted by atomic mass is 10.1. The van der Waals surface area contributed by atoms with Gasteiger partial charge in [-0.05, 0) is 13.3 Å². The fraction of sp³-hybridized carbons (Fsp3) is 0.765. The first-order valence-corrected chi connectivity index (χ1v) is 9.40. The molecule has 0 aliphatic carbocycles. The van der Waals surface area contributed by atoms with E-state index < -0.39 is 0 Å². The van der Waals surface area contributed by atoms with Crippen LogP contribution in [-0.2, 0) is 29.0 Å². The number of morpholine rings is 1. The van der Waals surface area contributed by atoms with Gasteiger partial charge < -0.3 is 19.9 Å². The average Bonchev–Trinajstić information content (AvgIpc) is 3.08. The van der Waals surface area contributed by atoms with E-state index in [1.165, 1.54) is 0 Å². The van der Waals surface area contributed by atoms with E-state index in [0.717, 1.165) is 17.8 Å². The molecule has 0 saturated carbocycles. The highest BCUT2D eigenvalue weighted by Gasteiger charge is 2.26. The van der Waals surface area contributed by atoms with Gasteiger partial charge in [-0.2, -0.15) is 0 Å². The molecule has 3 amide bonds. The molecule has 1 aromatic heterocycles. The summed E-state index contributed by atoms with van der Waals surface area (Å²) in [6.07, 6.45) is 1.85. The number of nitrogens with one attached hydrogen (secondary N) is 1. The third-order valence-corrected chi connectivity index (χ3v) is 5.05. The third kappa shape index (κ3) is 4.32. The molecule has 0 radical (unpaired) electrons. The van der Waals surface area contributed by atoms with Crippen LogP contribution in [0.3, 0.4) is 0 Å². The molecule has 0 bridgehead atoms. The van der Waals surface area contributed by atoms with Crippen molar-refractivity contribution >= 4 is 11.9 Å². The Kier molecular flexibility index (Phi) is 6.08. The lowest BCUT2D eigenvalue weighted by molar-refractivity contribution is -0.135. The van der Waals surface area contributed by atoms with Gasteiger partial charge in [-0.25, -0.2) is 9.48 Å². The summed E-state index contributed by atoms with van der Waals surface area (Å²) in [5.41, 5.74) is 1.75. The van der Waals surface area contributed by atoms with Gasteiger partial charge >= 0.3 is 6.03 Å². The zero-order valence-electron chi connectivity index (χ0n) is 15.6. The van der Waals surface area contributed by atoms with E-state index in [2.05, 4.69) is 15.6 Å². The average molecular weight is 364 g/mol. The second kappa shape index (κ2) is 8.48. The summed E-state index contributed by atoms with van der Waals surface area (Å²) in [7, 11) is 0. The lowest BCUT2D eigenvalue weighted by Crippen LogP contribution is -2.47. The highest BCUT2D eigenvalue weighted by molar-refractivity contribution is 5.76. The van der Waals surface area contributed by atoms with E-state index in [1.54, 1.807) is 4.90 Å². The minimum absolute atomic E-state index is 0.0536. The molecule has 9 nitrogen and oxygen atoms in total. The lowest BCUT2D eigenvalue weighted by Gasteiger charge is -2.29. The summed E-state index contributed by atoms with van der Waals surface area (Å²) in [5.74, 6) is 0.122. The minimum atomic E-state index is -0.0536. The summed E-state index contributed by atoms with van der Waals surface area (Å²) in [4.78, 5) is 28.3. The Morgan fingerprint density at radius 1 is 1.19 bits per heavy atom. The molecule has 0 aromatic carbocycles. The Bertz CT molecular complexity index is 640. The monoisotopic (exact) mass is 364 g/mol. The van der Waals surface area contributed by atoms with Crippen molar-refractivity contribution in [2.24, 2.45) is 0 Å². The molecule has 0 spiro atoms. The maximum absolute atomic E-state index is 12.4. The van der Waals surface area contributed by atoms with Gasteiger partial charge in [-0.3, -0.25) is 4.79 Å². The quantitative estimate of drug-likeness (QED) is 0.816. The van der Waals surface area contributed by atoms with Crippen LogP contribution in [0.5, 0.6) is 0 Å². The number of hydrogen-bond donors (Lipinski definition) is 1. The first kappa shape index (κ1) is 18.6. The molecule has 1 N–H and O–H groups in total. The molecule has 1 fully saturated rings. The maximum Gasteiger partial charge on any atom is 0.318 e. The Balaban J connectivity index is 1.57. The zero-order valence-corrected chi connectivity index (χ0v) is 15.6. The smallest absolute Gasteiger partial charge is 0.318 e. The van der Waals surface area contributed by atoms with E-state index in [1.807, 2.05) is 23.4 Å². The number of amides is 3. The molecular weight excluding hydrogens is 336 g/mol. The van der Waals surface area contributed by atoms with Crippen molar-refractivity contribution in [1.29, 1.82) is 0 Å². The minimum Gasteiger partial charge on any atom is -0.378 e. The van der Waals surface area contributed by atoms with Gasteiger partial charge in [-0.1, -0.05) is 12.1 Å². The topological polar surface area (TPSA) is 92.6 Å². The Morgan fingerprint density at radius 3 is 2.69 bits per heavy atom. The number of aromatic nitrogens is 3. The van der Waals surface area contributed by atoms with Crippen LogP contribution < -0.4 is 5.32 Å². The summed E-state index contributed by atoms with van der Waals surface area (Å²) < 4.78 is 7.13. The van der Waals surface area contributed by atoms with Crippen LogP contribution >= 0.6 is 0 Å². The number of urea groups is 1. The van der Waals surface area contributed by atoms with Crippen molar-refractivity contribution < 1.29 is 14.3 Å². The Labute approximate surface area is 153 Å². The molecule has 2 aliphatic heterocycles. The number of fused-ring (bicyclic) bond motifs is 1. The Morgan fingerprint density at radius 2 is 1.96 bits per heavy atom. The van der Waals surface area contributed by atoms with Gasteiger partial charge in [-0.15, -0.1) is 5.10 Å². The van der Waals surface area contributed by atoms with Gasteiger partial charge in [0.25, 0.3) is 0 Å². The molecule has 1 aromatic rings. The standard InChI is InChI=1S/C17H28N6O3/c1-3-13(2)18-17(25)22-6-7-23-15(12-22)14(19-20-23)4-5-16(24)21-8-10-26-11-9-21/h13H,3-12H2,1-2H3,(H,18,25). The number of carbonyl (C=O) groups is 2. The second-order valence-electron chi connectivity index (χ2n) is 6.88. The van der Waals surface area contributed by atoms with E-state index in [9.17, 15) is 9.59 Å². The molecule has 3 heterocycles. The number of carbonyl (C=O) groups excluding carboxylic acids is 2. The van der Waals surface area contributed by atoms with Gasteiger partial charge in [0.1, 0.15) is 0 Å². The SMILES string of the molecule is CCC(C)NC(=O)N1CCn2nnc(CCC(=O)N3CCOCC3)c2C1. The predicted molar refractivity (Wildman–Crippen MR) is 94.4 cm³/mol. The summed E-state index contributed by atoms with van der Waals surface area (Å²) in [5, 5.41) is 11.4. The van der Waals surface area contributed by atoms with Gasteiger partial charge in [0.2, 0.25) is 5.91 Å². The first-order chi connectivity index (χ1) is 12.6. The van der Waals surface area contributed by atoms with Crippen LogP contribution in [-0.4, -0.2) is 75.6 Å². The van der Waals surface area contributed by atoms with Crippen LogP contribution in [0.4, 0.5) is 4.79 Å². The maximum atomic E-state index is 12.4. The van der Waals surface area contributed by atoms with Crippen molar-refractivity contribution in [2.45, 2.75) is 52.2 Å². The number of hydrogen-bond acceptors (Lipinski definition) is 5. The molecule has 3 rings (SSSR count). The largest absolute Gasteiger partial charge is 0.378 e. The number of nitrogens with zero attached hydrogens (tertiary/aromatic N) is 5. The molecule has 1 atom stereocenters. The van der Waals surface area contributed by atoms with Crippen LogP contribution in [0.1, 0.15) is 38.1 Å². The van der Waals surface area contributed by atoms with Crippen molar-refractivity contribution in [3.05, 3.63) is 11.4 Å². The molecule has 1 unspecified atom stereocenters. The normalized spacial score (nSPS) is 18.4. The summed E-state index contributed by atoms with van der Waals surface area (Å²) in [6.45, 7) is 8.29. The number of rotatable bonds is 5. The van der Waals surface area contributed by atoms with Crippen LogP contribution in [0.2, 0.25) is 0 Å². The molecule has 144 valence electrons. The number of ether oxygens (including phenoxy) is 1. The van der Waals surface area contributed by atoms with E-state index in [0.29, 0.717) is 58.8 Å². The number of aryl methyl sites for hydroxylation is 1. The first-order valence-electron chi connectivity index (χ1n) is 9.40. The molecule has 1 saturated heterocycles. The summed E-state index contributed by atoms with van der Waals surface area (Å²) in [6, 6.07) is 0.0974. The van der Waals surface area contributed by atoms with Crippen LogP contribution in [0, 0.1) is 0 Å². The van der Waals surface area contributed by atoms with Gasteiger partial charge in [0, 0.05) is 38.5 Å². The highest BCUT2D eigenvalue weighted by Crippen LogP contribution is 2.17. The van der Waals surface area contributed by atoms with Gasteiger partial charge in [0.05, 0.1) is 37.7 Å². The third-order valence-electron chi connectivity index (χ3n) is 5.05. The van der Waals surface area contributed by atoms with Gasteiger partial charge in [0.15, 0.2) is 0 Å². The zero-order chi connectivity index (χ0) is 18.5. The van der Waals surface area contributed by atoms with Crippen molar-refractivity contribution in [2.75, 3.05) is 32.8 Å². The molecule has 26 heavy (non-hydrogen) atoms. The summed E-state index contributed by atoms with van der Waals surface area (Å²) >= 11 is 0. The molecule has 2 aliphatic rings. The van der Waals surface area contributed by atoms with E-state index >= 15 is 0 Å². The van der Waals surface area contributed by atoms with E-state index in [-0.39, 0.29) is 18.0 Å². The van der Waals surface area contributed by atoms with E-state index in [4.69, 9.17) is 4.74 Å². The van der Waals surface area contributed by atoms with Crippen LogP contribution in [0.15, 0.2) is 0 Å². The molecule has 9 heteroatoms. The second-order valence-corrected chi connectivity index (χ2v) is 6.88. The van der Waals surface area contributed by atoms with Crippen molar-refractivity contribution in [3.8, 4) is 0 Å². The van der Waals surface area contributed by atoms with Crippen LogP contribution in [0.25, 0.3) is 0 Å². The van der Waals surface area contributed by atoms with Crippen molar-refractivity contribution in [3.63, 3.8) is 0 Å². The Hall–Kier alpha value is -2.16.